The predicted molar refractivity (Wildman–Crippen MR) is 86.4 cm³/mol. The summed E-state index contributed by atoms with van der Waals surface area (Å²) in [6.45, 7) is 1.50. The van der Waals surface area contributed by atoms with Gasteiger partial charge in [-0.2, -0.15) is 0 Å². The molecule has 0 bridgehead atoms. The Morgan fingerprint density at radius 3 is 2.74 bits per heavy atom. The Morgan fingerprint density at radius 1 is 1.35 bits per heavy atom. The first-order chi connectivity index (χ1) is 10.9. The molecular weight excluding hydrogens is 318 g/mol. The molecule has 1 heterocycles. The monoisotopic (exact) mass is 337 g/mol. The molecule has 1 fully saturated rings. The van der Waals surface area contributed by atoms with Gasteiger partial charge in [0, 0.05) is 12.1 Å². The van der Waals surface area contributed by atoms with Crippen molar-refractivity contribution < 1.29 is 22.7 Å². The number of amides is 1. The molecule has 2 rings (SSSR count). The molecule has 124 valence electrons. The van der Waals surface area contributed by atoms with Crippen LogP contribution in [0.25, 0.3) is 6.08 Å². The maximum absolute atomic E-state index is 11.6. The fraction of sp³-hybridized carbons (Fsp3) is 0.375. The summed E-state index contributed by atoms with van der Waals surface area (Å²) in [4.78, 5) is 23.2. The van der Waals surface area contributed by atoms with Gasteiger partial charge in [-0.25, -0.2) is 13.2 Å². The highest BCUT2D eigenvalue weighted by atomic mass is 32.2. The summed E-state index contributed by atoms with van der Waals surface area (Å²) in [5, 5.41) is 2.55. The van der Waals surface area contributed by atoms with Crippen molar-refractivity contribution in [1.82, 2.24) is 5.32 Å². The normalized spacial score (nSPS) is 19.6. The molecule has 0 radical (unpaired) electrons. The van der Waals surface area contributed by atoms with Gasteiger partial charge in [-0.1, -0.05) is 24.3 Å². The highest BCUT2D eigenvalue weighted by molar-refractivity contribution is 7.91. The minimum Gasteiger partial charge on any atom is -0.452 e. The summed E-state index contributed by atoms with van der Waals surface area (Å²) >= 11 is 0. The second kappa shape index (κ2) is 7.41. The van der Waals surface area contributed by atoms with E-state index in [0.29, 0.717) is 6.42 Å². The SMILES string of the molecule is Cc1ccccc1/C=C/C(=O)OCC(=O)N[C@H]1CCS(=O)(=O)C1. The topological polar surface area (TPSA) is 89.5 Å². The Morgan fingerprint density at radius 2 is 2.09 bits per heavy atom. The van der Waals surface area contributed by atoms with E-state index in [4.69, 9.17) is 4.74 Å². The molecule has 0 aromatic heterocycles. The van der Waals surface area contributed by atoms with Gasteiger partial charge in [0.1, 0.15) is 0 Å². The van der Waals surface area contributed by atoms with Crippen molar-refractivity contribution in [3.05, 3.63) is 41.5 Å². The zero-order valence-corrected chi connectivity index (χ0v) is 13.6. The van der Waals surface area contributed by atoms with E-state index in [-0.39, 0.29) is 11.5 Å². The van der Waals surface area contributed by atoms with Crippen LogP contribution in [0.2, 0.25) is 0 Å². The van der Waals surface area contributed by atoms with Crippen LogP contribution in [0.15, 0.2) is 30.3 Å². The lowest BCUT2D eigenvalue weighted by Crippen LogP contribution is -2.38. The minimum absolute atomic E-state index is 0.0557. The Kier molecular flexibility index (Phi) is 5.54. The van der Waals surface area contributed by atoms with E-state index in [2.05, 4.69) is 5.32 Å². The molecule has 0 saturated carbocycles. The number of nitrogens with one attached hydrogen (secondary N) is 1. The van der Waals surface area contributed by atoms with E-state index >= 15 is 0 Å². The van der Waals surface area contributed by atoms with Crippen molar-refractivity contribution in [2.75, 3.05) is 18.1 Å². The average molecular weight is 337 g/mol. The lowest BCUT2D eigenvalue weighted by atomic mass is 10.1. The first-order valence-corrected chi connectivity index (χ1v) is 9.08. The van der Waals surface area contributed by atoms with E-state index in [1.54, 1.807) is 6.08 Å². The number of hydrogen-bond donors (Lipinski definition) is 1. The number of benzene rings is 1. The molecule has 1 aromatic rings. The van der Waals surface area contributed by atoms with Crippen molar-refractivity contribution in [3.63, 3.8) is 0 Å². The van der Waals surface area contributed by atoms with Gasteiger partial charge in [0.25, 0.3) is 5.91 Å². The number of aryl methyl sites for hydroxylation is 1. The van der Waals surface area contributed by atoms with E-state index in [0.717, 1.165) is 11.1 Å². The molecule has 0 spiro atoms. The molecule has 6 nitrogen and oxygen atoms in total. The van der Waals surface area contributed by atoms with Crippen LogP contribution in [-0.2, 0) is 24.2 Å². The van der Waals surface area contributed by atoms with Gasteiger partial charge in [-0.05, 0) is 30.5 Å². The van der Waals surface area contributed by atoms with Crippen LogP contribution < -0.4 is 5.32 Å². The summed E-state index contributed by atoms with van der Waals surface area (Å²) in [5.41, 5.74) is 1.92. The van der Waals surface area contributed by atoms with Crippen molar-refractivity contribution in [2.45, 2.75) is 19.4 Å². The summed E-state index contributed by atoms with van der Waals surface area (Å²) in [6.07, 6.45) is 3.28. The van der Waals surface area contributed by atoms with E-state index in [9.17, 15) is 18.0 Å². The van der Waals surface area contributed by atoms with Crippen molar-refractivity contribution in [1.29, 1.82) is 0 Å². The highest BCUT2D eigenvalue weighted by Crippen LogP contribution is 2.11. The molecule has 1 atom stereocenters. The maximum Gasteiger partial charge on any atom is 0.331 e. The van der Waals surface area contributed by atoms with Gasteiger partial charge in [0.15, 0.2) is 16.4 Å². The highest BCUT2D eigenvalue weighted by Gasteiger charge is 2.28. The molecule has 7 heteroatoms. The third-order valence-electron chi connectivity index (χ3n) is 3.53. The molecule has 1 aromatic carbocycles. The predicted octanol–water partition coefficient (Wildman–Crippen LogP) is 0.855. The fourth-order valence-corrected chi connectivity index (χ4v) is 3.97. The third kappa shape index (κ3) is 5.52. The Balaban J connectivity index is 1.76. The van der Waals surface area contributed by atoms with Crippen LogP contribution in [0, 0.1) is 6.92 Å². The van der Waals surface area contributed by atoms with Gasteiger partial charge in [0.2, 0.25) is 0 Å². The number of ether oxygens (including phenoxy) is 1. The molecule has 0 aliphatic carbocycles. The molecule has 1 aliphatic heterocycles. The Hall–Kier alpha value is -2.15. The summed E-state index contributed by atoms with van der Waals surface area (Å²) in [7, 11) is -3.05. The van der Waals surface area contributed by atoms with Crippen molar-refractivity contribution in [2.24, 2.45) is 0 Å². The van der Waals surface area contributed by atoms with E-state index in [1.807, 2.05) is 31.2 Å². The third-order valence-corrected chi connectivity index (χ3v) is 5.30. The number of rotatable bonds is 5. The molecule has 23 heavy (non-hydrogen) atoms. The fourth-order valence-electron chi connectivity index (χ4n) is 2.29. The van der Waals surface area contributed by atoms with E-state index in [1.165, 1.54) is 6.08 Å². The second-order valence-electron chi connectivity index (χ2n) is 5.47. The minimum atomic E-state index is -3.05. The molecule has 1 saturated heterocycles. The second-order valence-corrected chi connectivity index (χ2v) is 7.69. The average Bonchev–Trinajstić information content (AvgIpc) is 2.83. The van der Waals surface area contributed by atoms with Gasteiger partial charge >= 0.3 is 5.97 Å². The maximum atomic E-state index is 11.6. The zero-order valence-electron chi connectivity index (χ0n) is 12.8. The van der Waals surface area contributed by atoms with E-state index < -0.39 is 34.4 Å². The number of sulfone groups is 1. The lowest BCUT2D eigenvalue weighted by Gasteiger charge is -2.10. The van der Waals surface area contributed by atoms with Crippen LogP contribution in [0.1, 0.15) is 17.5 Å². The van der Waals surface area contributed by atoms with Gasteiger partial charge in [-0.3, -0.25) is 4.79 Å². The first kappa shape index (κ1) is 17.2. The Labute approximate surface area is 135 Å². The molecule has 0 unspecified atom stereocenters. The smallest absolute Gasteiger partial charge is 0.331 e. The van der Waals surface area contributed by atoms with Gasteiger partial charge in [0.05, 0.1) is 11.5 Å². The molecule has 1 amide bonds. The summed E-state index contributed by atoms with van der Waals surface area (Å²) < 4.78 is 27.4. The van der Waals surface area contributed by atoms with Crippen molar-refractivity contribution >= 4 is 27.8 Å². The summed E-state index contributed by atoms with van der Waals surface area (Å²) in [6, 6.07) is 7.16. The largest absolute Gasteiger partial charge is 0.452 e. The Bertz CT molecular complexity index is 724. The molecule has 1 N–H and O–H groups in total. The van der Waals surface area contributed by atoms with Crippen LogP contribution in [0.5, 0.6) is 0 Å². The number of carbonyl (C=O) groups is 2. The number of esters is 1. The van der Waals surface area contributed by atoms with Crippen LogP contribution in [-0.4, -0.2) is 44.4 Å². The van der Waals surface area contributed by atoms with Crippen LogP contribution >= 0.6 is 0 Å². The lowest BCUT2D eigenvalue weighted by molar-refractivity contribution is -0.143. The zero-order chi connectivity index (χ0) is 16.9. The number of carbonyl (C=O) groups excluding carboxylic acids is 2. The van der Waals surface area contributed by atoms with Crippen molar-refractivity contribution in [3.8, 4) is 0 Å². The van der Waals surface area contributed by atoms with Gasteiger partial charge < -0.3 is 10.1 Å². The quantitative estimate of drug-likeness (QED) is 0.636. The number of hydrogen-bond acceptors (Lipinski definition) is 5. The first-order valence-electron chi connectivity index (χ1n) is 7.26. The summed E-state index contributed by atoms with van der Waals surface area (Å²) in [5.74, 6) is -1.09. The van der Waals surface area contributed by atoms with Crippen LogP contribution in [0.3, 0.4) is 0 Å². The standard InChI is InChI=1S/C16H19NO5S/c1-12-4-2-3-5-13(12)6-7-16(19)22-10-15(18)17-14-8-9-23(20,21)11-14/h2-7,14H,8-11H2,1H3,(H,17,18)/b7-6+/t14-/m0/s1. The van der Waals surface area contributed by atoms with Gasteiger partial charge in [-0.15, -0.1) is 0 Å². The molecular formula is C16H19NO5S. The molecule has 1 aliphatic rings. The van der Waals surface area contributed by atoms with Crippen LogP contribution in [0.4, 0.5) is 0 Å².